The van der Waals surface area contributed by atoms with Crippen LogP contribution in [0.3, 0.4) is 0 Å². The zero-order valence-corrected chi connectivity index (χ0v) is 16.8. The van der Waals surface area contributed by atoms with Gasteiger partial charge in [-0.25, -0.2) is 13.1 Å². The second-order valence-electron chi connectivity index (χ2n) is 5.76. The fourth-order valence-electron chi connectivity index (χ4n) is 2.27. The van der Waals surface area contributed by atoms with Gasteiger partial charge in [0.25, 0.3) is 0 Å². The van der Waals surface area contributed by atoms with Crippen molar-refractivity contribution in [3.05, 3.63) is 54.1 Å². The first-order valence-electron chi connectivity index (χ1n) is 8.95. The summed E-state index contributed by atoms with van der Waals surface area (Å²) >= 11 is 0. The minimum absolute atomic E-state index is 0.0322. The van der Waals surface area contributed by atoms with Crippen LogP contribution >= 0.6 is 0 Å². The molecule has 0 fully saturated rings. The lowest BCUT2D eigenvalue weighted by molar-refractivity contribution is -0.144. The van der Waals surface area contributed by atoms with Gasteiger partial charge in [-0.15, -0.1) is 0 Å². The number of ether oxygens (including phenoxy) is 3. The third-order valence-electron chi connectivity index (χ3n) is 3.66. The van der Waals surface area contributed by atoms with Gasteiger partial charge in [-0.3, -0.25) is 4.79 Å². The van der Waals surface area contributed by atoms with Crippen molar-refractivity contribution in [3.63, 3.8) is 0 Å². The van der Waals surface area contributed by atoms with E-state index in [-0.39, 0.29) is 31.1 Å². The SMILES string of the molecule is CCOc1ccc(S(=O)(=O)NCCC(=O)OCCOc2ccc(C#N)cc2)cc1. The van der Waals surface area contributed by atoms with E-state index in [2.05, 4.69) is 4.72 Å². The highest BCUT2D eigenvalue weighted by atomic mass is 32.2. The molecule has 0 unspecified atom stereocenters. The summed E-state index contributed by atoms with van der Waals surface area (Å²) in [6.07, 6.45) is -0.104. The van der Waals surface area contributed by atoms with Crippen molar-refractivity contribution < 1.29 is 27.4 Å². The highest BCUT2D eigenvalue weighted by Gasteiger charge is 2.14. The third-order valence-corrected chi connectivity index (χ3v) is 5.14. The summed E-state index contributed by atoms with van der Waals surface area (Å²) < 4.78 is 42.4. The molecule has 2 aromatic rings. The molecule has 0 radical (unpaired) electrons. The van der Waals surface area contributed by atoms with E-state index in [4.69, 9.17) is 19.5 Å². The lowest BCUT2D eigenvalue weighted by Gasteiger charge is -2.09. The van der Waals surface area contributed by atoms with Crippen molar-refractivity contribution in [3.8, 4) is 17.6 Å². The van der Waals surface area contributed by atoms with Gasteiger partial charge in [0, 0.05) is 6.54 Å². The summed E-state index contributed by atoms with van der Waals surface area (Å²) in [5, 5.41) is 8.72. The molecule has 0 aliphatic heterocycles. The zero-order valence-electron chi connectivity index (χ0n) is 16.0. The maximum Gasteiger partial charge on any atom is 0.307 e. The Morgan fingerprint density at radius 3 is 2.24 bits per heavy atom. The first-order chi connectivity index (χ1) is 13.9. The third kappa shape index (κ3) is 7.44. The van der Waals surface area contributed by atoms with Crippen molar-refractivity contribution in [1.29, 1.82) is 5.26 Å². The van der Waals surface area contributed by atoms with Gasteiger partial charge in [0.2, 0.25) is 10.0 Å². The van der Waals surface area contributed by atoms with E-state index in [1.54, 1.807) is 36.4 Å². The van der Waals surface area contributed by atoms with Gasteiger partial charge in [0.15, 0.2) is 0 Å². The number of hydrogen-bond acceptors (Lipinski definition) is 7. The number of benzene rings is 2. The minimum Gasteiger partial charge on any atom is -0.494 e. The molecule has 29 heavy (non-hydrogen) atoms. The van der Waals surface area contributed by atoms with E-state index in [0.29, 0.717) is 23.7 Å². The Hall–Kier alpha value is -3.09. The molecule has 0 aliphatic carbocycles. The van der Waals surface area contributed by atoms with E-state index in [9.17, 15) is 13.2 Å². The van der Waals surface area contributed by atoms with Gasteiger partial charge in [-0.05, 0) is 55.5 Å². The number of nitriles is 1. The van der Waals surface area contributed by atoms with Crippen molar-refractivity contribution in [2.45, 2.75) is 18.2 Å². The van der Waals surface area contributed by atoms with Gasteiger partial charge >= 0.3 is 5.97 Å². The monoisotopic (exact) mass is 418 g/mol. The van der Waals surface area contributed by atoms with E-state index in [1.807, 2.05) is 13.0 Å². The van der Waals surface area contributed by atoms with Crippen LogP contribution in [0, 0.1) is 11.3 Å². The van der Waals surface area contributed by atoms with Crippen LogP contribution in [0.4, 0.5) is 0 Å². The molecule has 0 saturated heterocycles. The fraction of sp³-hybridized carbons (Fsp3) is 0.300. The minimum atomic E-state index is -3.72. The molecule has 9 heteroatoms. The molecule has 0 aliphatic rings. The van der Waals surface area contributed by atoms with Gasteiger partial charge in [0.05, 0.1) is 29.6 Å². The molecule has 2 aromatic carbocycles. The quantitative estimate of drug-likeness (QED) is 0.440. The van der Waals surface area contributed by atoms with Crippen LogP contribution in [0.1, 0.15) is 18.9 Å². The van der Waals surface area contributed by atoms with Crippen LogP contribution in [-0.2, 0) is 19.6 Å². The van der Waals surface area contributed by atoms with Gasteiger partial charge < -0.3 is 14.2 Å². The Bertz CT molecular complexity index is 934. The van der Waals surface area contributed by atoms with E-state index in [1.165, 1.54) is 12.1 Å². The van der Waals surface area contributed by atoms with Gasteiger partial charge in [-0.2, -0.15) is 5.26 Å². The molecule has 1 N–H and O–H groups in total. The largest absolute Gasteiger partial charge is 0.494 e. The molecule has 0 spiro atoms. The highest BCUT2D eigenvalue weighted by Crippen LogP contribution is 2.15. The Morgan fingerprint density at radius 2 is 1.62 bits per heavy atom. The Kier molecular flexibility index (Phi) is 8.45. The normalized spacial score (nSPS) is 10.8. The van der Waals surface area contributed by atoms with Crippen LogP contribution in [0.15, 0.2) is 53.4 Å². The van der Waals surface area contributed by atoms with Crippen LogP contribution in [0.5, 0.6) is 11.5 Å². The van der Waals surface area contributed by atoms with Crippen LogP contribution in [0.2, 0.25) is 0 Å². The molecule has 0 amide bonds. The van der Waals surface area contributed by atoms with Crippen molar-refractivity contribution >= 4 is 16.0 Å². The second kappa shape index (κ2) is 11.0. The van der Waals surface area contributed by atoms with Crippen LogP contribution in [-0.4, -0.2) is 40.8 Å². The summed E-state index contributed by atoms with van der Waals surface area (Å²) in [5.74, 6) is 0.601. The molecule has 0 bridgehead atoms. The summed E-state index contributed by atoms with van der Waals surface area (Å²) in [5.41, 5.74) is 0.525. The highest BCUT2D eigenvalue weighted by molar-refractivity contribution is 7.89. The zero-order chi connectivity index (χ0) is 21.1. The predicted molar refractivity (Wildman–Crippen MR) is 105 cm³/mol. The number of nitrogens with zero attached hydrogens (tertiary/aromatic N) is 1. The molecule has 154 valence electrons. The molecule has 2 rings (SSSR count). The number of nitrogens with one attached hydrogen (secondary N) is 1. The molecule has 0 heterocycles. The van der Waals surface area contributed by atoms with Crippen LogP contribution < -0.4 is 14.2 Å². The van der Waals surface area contributed by atoms with Crippen molar-refractivity contribution in [1.82, 2.24) is 4.72 Å². The van der Waals surface area contributed by atoms with E-state index < -0.39 is 16.0 Å². The molecule has 8 nitrogen and oxygen atoms in total. The number of hydrogen-bond donors (Lipinski definition) is 1. The smallest absolute Gasteiger partial charge is 0.307 e. The number of rotatable bonds is 11. The maximum atomic E-state index is 12.2. The lowest BCUT2D eigenvalue weighted by Crippen LogP contribution is -2.27. The first-order valence-corrected chi connectivity index (χ1v) is 10.4. The number of carbonyl (C=O) groups excluding carboxylic acids is 1. The standard InChI is InChI=1S/C20H22N2O6S/c1-2-26-17-7-9-19(10-8-17)29(24,25)22-12-11-20(23)28-14-13-27-18-5-3-16(15-21)4-6-18/h3-10,22H,2,11-14H2,1H3. The molecule has 0 atom stereocenters. The van der Waals surface area contributed by atoms with E-state index >= 15 is 0 Å². The van der Waals surface area contributed by atoms with Crippen molar-refractivity contribution in [2.75, 3.05) is 26.4 Å². The summed E-state index contributed by atoms with van der Waals surface area (Å²) in [4.78, 5) is 11.8. The Balaban J connectivity index is 1.67. The maximum absolute atomic E-state index is 12.2. The number of sulfonamides is 1. The average Bonchev–Trinajstić information content (AvgIpc) is 2.72. The Labute approximate surface area is 170 Å². The van der Waals surface area contributed by atoms with Gasteiger partial charge in [0.1, 0.15) is 24.7 Å². The second-order valence-corrected chi connectivity index (χ2v) is 7.52. The first kappa shape index (κ1) is 22.2. The predicted octanol–water partition coefficient (Wildman–Crippen LogP) is 2.25. The number of esters is 1. The summed E-state index contributed by atoms with van der Waals surface area (Å²) in [6, 6.07) is 14.6. The number of carbonyl (C=O) groups is 1. The Morgan fingerprint density at radius 1 is 1.00 bits per heavy atom. The summed E-state index contributed by atoms with van der Waals surface area (Å²) in [7, 11) is -3.72. The van der Waals surface area contributed by atoms with Crippen molar-refractivity contribution in [2.24, 2.45) is 0 Å². The molecular weight excluding hydrogens is 396 g/mol. The fourth-order valence-corrected chi connectivity index (χ4v) is 3.30. The van der Waals surface area contributed by atoms with Crippen LogP contribution in [0.25, 0.3) is 0 Å². The summed E-state index contributed by atoms with van der Waals surface area (Å²) in [6.45, 7) is 2.43. The molecule has 0 aromatic heterocycles. The van der Waals surface area contributed by atoms with E-state index in [0.717, 1.165) is 0 Å². The lowest BCUT2D eigenvalue weighted by atomic mass is 10.2. The average molecular weight is 418 g/mol. The van der Waals surface area contributed by atoms with Gasteiger partial charge in [-0.1, -0.05) is 0 Å². The topological polar surface area (TPSA) is 115 Å². The molecular formula is C20H22N2O6S. The molecule has 0 saturated carbocycles.